The van der Waals surface area contributed by atoms with Crippen molar-refractivity contribution >= 4 is 33.5 Å². The van der Waals surface area contributed by atoms with Gasteiger partial charge in [0.25, 0.3) is 10.0 Å². The van der Waals surface area contributed by atoms with Gasteiger partial charge >= 0.3 is 0 Å². The second-order valence-electron chi connectivity index (χ2n) is 3.89. The Morgan fingerprint density at radius 2 is 1.71 bits per heavy atom. The van der Waals surface area contributed by atoms with Crippen molar-refractivity contribution in [3.63, 3.8) is 0 Å². The first-order valence-corrected chi connectivity index (χ1v) is 8.84. The van der Waals surface area contributed by atoms with Crippen LogP contribution in [0.4, 0.5) is 0 Å². The minimum Gasteiger partial charge on any atom is -0.206 e. The maximum absolute atomic E-state index is 12.1. The normalized spacial score (nSPS) is 28.7. The molecular formula is C10H12N2O2S3. The Balaban J connectivity index is 1.81. The topological polar surface area (TPSA) is 49.4 Å². The van der Waals surface area contributed by atoms with E-state index in [0.29, 0.717) is 4.90 Å². The van der Waals surface area contributed by atoms with Gasteiger partial charge in [-0.2, -0.15) is 0 Å². The summed E-state index contributed by atoms with van der Waals surface area (Å²) >= 11 is 3.63. The van der Waals surface area contributed by atoms with Crippen molar-refractivity contribution in [1.29, 1.82) is 0 Å². The van der Waals surface area contributed by atoms with Gasteiger partial charge in [0.15, 0.2) is 0 Å². The molecule has 2 fully saturated rings. The average Bonchev–Trinajstić information content (AvgIpc) is 2.90. The number of thioether (sulfide) groups is 2. The standard InChI is InChI=1S/C10H12N2O2S3/c13-17(14,8-4-2-1-3-5-8)11-12-9-6-15-10(12)7-16-9/h1-5,9-11H,6-7H2/t9-,10-/m0/s1. The molecule has 3 rings (SSSR count). The predicted octanol–water partition coefficient (Wildman–Crippen LogP) is 1.33. The molecule has 2 aliphatic rings. The monoisotopic (exact) mass is 288 g/mol. The van der Waals surface area contributed by atoms with Gasteiger partial charge < -0.3 is 0 Å². The van der Waals surface area contributed by atoms with Crippen LogP contribution in [0.1, 0.15) is 0 Å². The minimum absolute atomic E-state index is 0.281. The summed E-state index contributed by atoms with van der Waals surface area (Å²) in [6, 6.07) is 8.50. The summed E-state index contributed by atoms with van der Waals surface area (Å²) < 4.78 is 24.3. The third-order valence-corrected chi connectivity index (χ3v) is 7.10. The van der Waals surface area contributed by atoms with E-state index < -0.39 is 10.0 Å². The van der Waals surface area contributed by atoms with Crippen molar-refractivity contribution in [2.24, 2.45) is 0 Å². The molecule has 0 aliphatic carbocycles. The Labute approximate surface area is 109 Å². The van der Waals surface area contributed by atoms with Crippen molar-refractivity contribution in [2.75, 3.05) is 11.5 Å². The molecule has 17 heavy (non-hydrogen) atoms. The molecule has 0 aromatic heterocycles. The van der Waals surface area contributed by atoms with Crippen molar-refractivity contribution in [3.8, 4) is 0 Å². The molecule has 0 radical (unpaired) electrons. The lowest BCUT2D eigenvalue weighted by molar-refractivity contribution is 0.261. The molecule has 2 heterocycles. The molecule has 7 heteroatoms. The zero-order valence-corrected chi connectivity index (χ0v) is 11.4. The van der Waals surface area contributed by atoms with Gasteiger partial charge in [-0.3, -0.25) is 0 Å². The van der Waals surface area contributed by atoms with Crippen molar-refractivity contribution in [2.45, 2.75) is 15.6 Å². The number of rotatable bonds is 3. The minimum atomic E-state index is -3.42. The Bertz CT molecular complexity index is 486. The number of hydrogen-bond donors (Lipinski definition) is 1. The van der Waals surface area contributed by atoms with Gasteiger partial charge in [0, 0.05) is 11.5 Å². The van der Waals surface area contributed by atoms with E-state index in [1.54, 1.807) is 24.3 Å². The highest BCUT2D eigenvalue weighted by Gasteiger charge is 2.42. The third-order valence-electron chi connectivity index (χ3n) is 2.76. The molecule has 0 amide bonds. The van der Waals surface area contributed by atoms with Crippen LogP contribution < -0.4 is 4.83 Å². The van der Waals surface area contributed by atoms with E-state index in [1.165, 1.54) is 0 Å². The lowest BCUT2D eigenvalue weighted by atomic mass is 10.4. The summed E-state index contributed by atoms with van der Waals surface area (Å²) in [4.78, 5) is 3.02. The van der Waals surface area contributed by atoms with Gasteiger partial charge in [-0.1, -0.05) is 18.2 Å². The average molecular weight is 288 g/mol. The maximum atomic E-state index is 12.1. The summed E-state index contributed by atoms with van der Waals surface area (Å²) in [5.41, 5.74) is 0. The highest BCUT2D eigenvalue weighted by atomic mass is 32.2. The van der Waals surface area contributed by atoms with E-state index >= 15 is 0 Å². The van der Waals surface area contributed by atoms with Gasteiger partial charge in [0.2, 0.25) is 0 Å². The lowest BCUT2D eigenvalue weighted by Gasteiger charge is -2.20. The molecule has 2 saturated heterocycles. The maximum Gasteiger partial charge on any atom is 0.253 e. The second-order valence-corrected chi connectivity index (χ2v) is 7.97. The summed E-state index contributed by atoms with van der Waals surface area (Å²) in [5.74, 6) is 1.99. The third kappa shape index (κ3) is 2.22. The smallest absolute Gasteiger partial charge is 0.206 e. The van der Waals surface area contributed by atoms with Gasteiger partial charge in [0.05, 0.1) is 15.6 Å². The molecule has 4 nitrogen and oxygen atoms in total. The van der Waals surface area contributed by atoms with Crippen molar-refractivity contribution in [3.05, 3.63) is 30.3 Å². The van der Waals surface area contributed by atoms with Crippen LogP contribution in [0, 0.1) is 0 Å². The first-order chi connectivity index (χ1) is 8.17. The lowest BCUT2D eigenvalue weighted by Crippen LogP contribution is -2.45. The molecule has 0 unspecified atom stereocenters. The quantitative estimate of drug-likeness (QED) is 0.909. The molecular weight excluding hydrogens is 276 g/mol. The molecule has 2 atom stereocenters. The fourth-order valence-corrected chi connectivity index (χ4v) is 6.32. The molecule has 0 saturated carbocycles. The number of sulfonamides is 1. The van der Waals surface area contributed by atoms with Crippen LogP contribution >= 0.6 is 23.5 Å². The highest BCUT2D eigenvalue weighted by Crippen LogP contribution is 2.42. The summed E-state index contributed by atoms with van der Waals surface area (Å²) in [6.45, 7) is 0. The van der Waals surface area contributed by atoms with Gasteiger partial charge in [-0.25, -0.2) is 13.4 Å². The van der Waals surface area contributed by atoms with E-state index in [0.717, 1.165) is 11.5 Å². The molecule has 2 bridgehead atoms. The van der Waals surface area contributed by atoms with Crippen LogP contribution in [-0.4, -0.2) is 35.7 Å². The number of benzene rings is 1. The van der Waals surface area contributed by atoms with E-state index in [2.05, 4.69) is 4.83 Å². The predicted molar refractivity (Wildman–Crippen MR) is 71.1 cm³/mol. The van der Waals surface area contributed by atoms with Crippen LogP contribution in [0.15, 0.2) is 35.2 Å². The van der Waals surface area contributed by atoms with E-state index in [1.807, 2.05) is 34.6 Å². The van der Waals surface area contributed by atoms with Gasteiger partial charge in [-0.05, 0) is 12.1 Å². The van der Waals surface area contributed by atoms with Gasteiger partial charge in [0.1, 0.15) is 0 Å². The fourth-order valence-electron chi connectivity index (χ4n) is 1.90. The summed E-state index contributed by atoms with van der Waals surface area (Å²) in [6.07, 6.45) is 0. The van der Waals surface area contributed by atoms with Crippen LogP contribution in [0.2, 0.25) is 0 Å². The Kier molecular flexibility index (Phi) is 3.12. The zero-order chi connectivity index (χ0) is 11.9. The van der Waals surface area contributed by atoms with Crippen LogP contribution in [0.5, 0.6) is 0 Å². The molecule has 0 spiro atoms. The second kappa shape index (κ2) is 4.47. The van der Waals surface area contributed by atoms with Crippen LogP contribution in [0.25, 0.3) is 0 Å². The Hall–Kier alpha value is -0.210. The SMILES string of the molecule is O=S(=O)(NN1[C@@H]2CS[C@H]1CS2)c1ccccc1. The molecule has 1 aromatic carbocycles. The van der Waals surface area contributed by atoms with Crippen LogP contribution in [0.3, 0.4) is 0 Å². The van der Waals surface area contributed by atoms with E-state index in [9.17, 15) is 8.42 Å². The number of hydrogen-bond acceptors (Lipinski definition) is 5. The molecule has 92 valence electrons. The molecule has 1 N–H and O–H groups in total. The van der Waals surface area contributed by atoms with E-state index in [-0.39, 0.29) is 10.7 Å². The Morgan fingerprint density at radius 1 is 1.12 bits per heavy atom. The number of fused-ring (bicyclic) bond motifs is 2. The van der Waals surface area contributed by atoms with Crippen LogP contribution in [-0.2, 0) is 10.0 Å². The largest absolute Gasteiger partial charge is 0.253 e. The van der Waals surface area contributed by atoms with E-state index in [4.69, 9.17) is 0 Å². The molecule has 2 aliphatic heterocycles. The fraction of sp³-hybridized carbons (Fsp3) is 0.400. The van der Waals surface area contributed by atoms with Crippen molar-refractivity contribution < 1.29 is 8.42 Å². The number of nitrogens with zero attached hydrogens (tertiary/aromatic N) is 1. The zero-order valence-electron chi connectivity index (χ0n) is 8.94. The molecule has 1 aromatic rings. The highest BCUT2D eigenvalue weighted by molar-refractivity contribution is 8.07. The number of nitrogens with one attached hydrogen (secondary N) is 1. The van der Waals surface area contributed by atoms with Crippen molar-refractivity contribution in [1.82, 2.24) is 9.84 Å². The number of hydrazine groups is 1. The summed E-state index contributed by atoms with van der Waals surface area (Å²) in [5, 5.41) is 2.43. The Morgan fingerprint density at radius 3 is 2.24 bits per heavy atom. The summed E-state index contributed by atoms with van der Waals surface area (Å²) in [7, 11) is -3.42. The first-order valence-electron chi connectivity index (χ1n) is 5.26. The first kappa shape index (κ1) is 11.9. The van der Waals surface area contributed by atoms with Gasteiger partial charge in [-0.15, -0.1) is 28.4 Å².